The maximum atomic E-state index is 9.13. The Kier molecular flexibility index (Phi) is 1.05. The summed E-state index contributed by atoms with van der Waals surface area (Å²) in [6, 6.07) is 0. The molecule has 2 rings (SSSR count). The van der Waals surface area contributed by atoms with Crippen LogP contribution in [0, 0.1) is 0 Å². The molecule has 0 saturated heterocycles. The van der Waals surface area contributed by atoms with Gasteiger partial charge in [-0.15, -0.1) is 0 Å². The molecule has 0 fully saturated rings. The van der Waals surface area contributed by atoms with Crippen molar-refractivity contribution in [2.75, 3.05) is 6.54 Å². The summed E-state index contributed by atoms with van der Waals surface area (Å²) in [6.07, 6.45) is 9.30. The minimum atomic E-state index is 0.822. The van der Waals surface area contributed by atoms with Crippen molar-refractivity contribution in [3.8, 4) is 0 Å². The van der Waals surface area contributed by atoms with Gasteiger partial charge < -0.3 is 4.90 Å². The van der Waals surface area contributed by atoms with Gasteiger partial charge in [0.15, 0.2) is 0 Å². The van der Waals surface area contributed by atoms with Crippen LogP contribution in [0.25, 0.3) is 0 Å². The van der Waals surface area contributed by atoms with Gasteiger partial charge in [0, 0.05) is 12.7 Å². The van der Waals surface area contributed by atoms with Crippen LogP contribution in [0.3, 0.4) is 0 Å². The van der Waals surface area contributed by atoms with E-state index in [0.717, 1.165) is 17.4 Å². The Morgan fingerprint density at radius 1 is 1.40 bits per heavy atom. The Morgan fingerprint density at radius 3 is 3.10 bits per heavy atom. The molecule has 10 heavy (non-hydrogen) atoms. The molecule has 0 aliphatic carbocycles. The first-order chi connectivity index (χ1) is 4.88. The van der Waals surface area contributed by atoms with Crippen molar-refractivity contribution in [3.63, 3.8) is 0 Å². The lowest BCUT2D eigenvalue weighted by Crippen LogP contribution is -2.22. The molecule has 3 heteroatoms. The largest absolute Gasteiger partial charge is 0.327 e. The predicted molar refractivity (Wildman–Crippen MR) is 36.7 cm³/mol. The highest BCUT2D eigenvalue weighted by Gasteiger charge is 2.17. The Morgan fingerprint density at radius 2 is 2.30 bits per heavy atom. The molecular formula is C7H8N2O. The number of nitrogens with zero attached hydrogens (tertiary/aromatic N) is 2. The molecular weight excluding hydrogens is 128 g/mol. The second-order valence-electron chi connectivity index (χ2n) is 2.25. The maximum absolute atomic E-state index is 9.13. The molecule has 1 N–H and O–H groups in total. The highest BCUT2D eigenvalue weighted by Crippen LogP contribution is 2.19. The first kappa shape index (κ1) is 5.56. The summed E-state index contributed by atoms with van der Waals surface area (Å²) in [6.45, 7) is 0.847. The van der Waals surface area contributed by atoms with E-state index in [0.29, 0.717) is 0 Å². The van der Waals surface area contributed by atoms with Crippen molar-refractivity contribution in [1.29, 1.82) is 0 Å². The Balaban J connectivity index is 2.32. The first-order valence-electron chi connectivity index (χ1n) is 3.18. The van der Waals surface area contributed by atoms with Gasteiger partial charge in [0.25, 0.3) is 0 Å². The highest BCUT2D eigenvalue weighted by molar-refractivity contribution is 5.22. The zero-order valence-electron chi connectivity index (χ0n) is 5.44. The van der Waals surface area contributed by atoms with Crippen LogP contribution >= 0.6 is 0 Å². The number of allylic oxidation sites excluding steroid dienone is 2. The first-order valence-corrected chi connectivity index (χ1v) is 3.18. The summed E-state index contributed by atoms with van der Waals surface area (Å²) in [7, 11) is 0. The molecule has 0 aromatic carbocycles. The smallest absolute Gasteiger partial charge is 0.138 e. The third kappa shape index (κ3) is 0.642. The molecule has 0 aromatic rings. The molecule has 52 valence electrons. The van der Waals surface area contributed by atoms with E-state index in [-0.39, 0.29) is 0 Å². The van der Waals surface area contributed by atoms with Crippen LogP contribution in [0.4, 0.5) is 0 Å². The lowest BCUT2D eigenvalue weighted by molar-refractivity contribution is -0.0132. The molecule has 0 saturated carbocycles. The van der Waals surface area contributed by atoms with Crippen LogP contribution in [-0.4, -0.2) is 21.7 Å². The normalized spacial score (nSPS) is 21.5. The van der Waals surface area contributed by atoms with Crippen molar-refractivity contribution in [2.24, 2.45) is 0 Å². The molecule has 3 nitrogen and oxygen atoms in total. The highest BCUT2D eigenvalue weighted by atomic mass is 16.5. The zero-order valence-corrected chi connectivity index (χ0v) is 5.44. The van der Waals surface area contributed by atoms with Crippen molar-refractivity contribution in [1.82, 2.24) is 9.96 Å². The lowest BCUT2D eigenvalue weighted by Gasteiger charge is -2.20. The molecule has 2 aliphatic rings. The van der Waals surface area contributed by atoms with Crippen LogP contribution in [0.15, 0.2) is 36.4 Å². The van der Waals surface area contributed by atoms with E-state index >= 15 is 0 Å². The fraction of sp³-hybridized carbons (Fsp3) is 0.143. The second-order valence-corrected chi connectivity index (χ2v) is 2.25. The molecule has 0 spiro atoms. The predicted octanol–water partition coefficient (Wildman–Crippen LogP) is 0.876. The van der Waals surface area contributed by atoms with Gasteiger partial charge in [-0.2, -0.15) is 0 Å². The zero-order chi connectivity index (χ0) is 6.97. The van der Waals surface area contributed by atoms with E-state index < -0.39 is 0 Å². The van der Waals surface area contributed by atoms with Gasteiger partial charge in [-0.3, -0.25) is 5.21 Å². The van der Waals surface area contributed by atoms with Crippen LogP contribution in [0.2, 0.25) is 0 Å². The molecule has 0 radical (unpaired) electrons. The average molecular weight is 136 g/mol. The van der Waals surface area contributed by atoms with E-state index in [2.05, 4.69) is 0 Å². The van der Waals surface area contributed by atoms with E-state index in [1.165, 1.54) is 0 Å². The Labute approximate surface area is 59.1 Å². The van der Waals surface area contributed by atoms with Gasteiger partial charge in [-0.05, 0) is 6.08 Å². The van der Waals surface area contributed by atoms with Crippen molar-refractivity contribution in [3.05, 3.63) is 36.4 Å². The Bertz CT molecular complexity index is 230. The second kappa shape index (κ2) is 1.88. The number of hydrogen-bond donors (Lipinski definition) is 1. The van der Waals surface area contributed by atoms with Crippen LogP contribution in [0.1, 0.15) is 0 Å². The summed E-state index contributed by atoms with van der Waals surface area (Å²) in [5, 5.41) is 10.2. The molecule has 2 aliphatic heterocycles. The number of fused-ring (bicyclic) bond motifs is 1. The van der Waals surface area contributed by atoms with Gasteiger partial charge in [0.2, 0.25) is 0 Å². The van der Waals surface area contributed by atoms with Gasteiger partial charge in [-0.25, -0.2) is 5.06 Å². The SMILES string of the molecule is ON1C=CN2CC=CC=C12. The van der Waals surface area contributed by atoms with Crippen molar-refractivity contribution in [2.45, 2.75) is 0 Å². The van der Waals surface area contributed by atoms with Crippen molar-refractivity contribution < 1.29 is 5.21 Å². The molecule has 0 bridgehead atoms. The molecule has 0 unspecified atom stereocenters. The summed E-state index contributed by atoms with van der Waals surface area (Å²) in [4.78, 5) is 1.96. The minimum Gasteiger partial charge on any atom is -0.327 e. The average Bonchev–Trinajstić information content (AvgIpc) is 2.34. The minimum absolute atomic E-state index is 0.822. The molecule has 0 atom stereocenters. The quantitative estimate of drug-likeness (QED) is 0.535. The number of hydrogen-bond acceptors (Lipinski definition) is 3. The van der Waals surface area contributed by atoms with Gasteiger partial charge in [-0.1, -0.05) is 12.2 Å². The fourth-order valence-corrected chi connectivity index (χ4v) is 1.08. The maximum Gasteiger partial charge on any atom is 0.138 e. The van der Waals surface area contributed by atoms with E-state index in [1.807, 2.05) is 29.3 Å². The van der Waals surface area contributed by atoms with Gasteiger partial charge >= 0.3 is 0 Å². The summed E-state index contributed by atoms with van der Waals surface area (Å²) >= 11 is 0. The fourth-order valence-electron chi connectivity index (χ4n) is 1.08. The van der Waals surface area contributed by atoms with Gasteiger partial charge in [0.05, 0.1) is 6.20 Å². The monoisotopic (exact) mass is 136 g/mol. The van der Waals surface area contributed by atoms with Crippen molar-refractivity contribution >= 4 is 0 Å². The number of hydroxylamine groups is 2. The molecule has 0 aromatic heterocycles. The van der Waals surface area contributed by atoms with E-state index in [4.69, 9.17) is 5.21 Å². The summed E-state index contributed by atoms with van der Waals surface area (Å²) in [5.41, 5.74) is 0. The van der Waals surface area contributed by atoms with Gasteiger partial charge in [0.1, 0.15) is 5.82 Å². The van der Waals surface area contributed by atoms with E-state index in [9.17, 15) is 0 Å². The van der Waals surface area contributed by atoms with E-state index in [1.54, 1.807) is 6.20 Å². The summed E-state index contributed by atoms with van der Waals surface area (Å²) < 4.78 is 0. The third-order valence-corrected chi connectivity index (χ3v) is 1.60. The topological polar surface area (TPSA) is 26.7 Å². The number of rotatable bonds is 0. The van der Waals surface area contributed by atoms with Crippen LogP contribution in [-0.2, 0) is 0 Å². The molecule has 0 amide bonds. The summed E-state index contributed by atoms with van der Waals surface area (Å²) in [5.74, 6) is 0.822. The Hall–Kier alpha value is -1.22. The standard InChI is InChI=1S/C7H8N2O/c10-9-6-5-8-4-2-1-3-7(8)9/h1-3,5-6,10H,4H2. The lowest BCUT2D eigenvalue weighted by atomic mass is 10.3. The van der Waals surface area contributed by atoms with Crippen LogP contribution < -0.4 is 0 Å². The third-order valence-electron chi connectivity index (χ3n) is 1.60. The molecule has 2 heterocycles. The van der Waals surface area contributed by atoms with Crippen LogP contribution in [0.5, 0.6) is 0 Å².